The number of hydrogen-bond donors (Lipinski definition) is 3. The SMILES string of the molecule is CC/C=C\C/C=C\C/C=C\CCCCCCCCCC(=O)OC(COCCCCCCCC/C=C\CCCCCCCCC)COP(=O)(O)OCC(N)C(=O)O. The molecule has 0 spiro atoms. The summed E-state index contributed by atoms with van der Waals surface area (Å²) in [7, 11) is -4.62. The van der Waals surface area contributed by atoms with Crippen LogP contribution in [0, 0.1) is 0 Å². The molecular formula is C45H82NO9P. The van der Waals surface area contributed by atoms with Gasteiger partial charge in [-0.3, -0.25) is 18.6 Å². The summed E-state index contributed by atoms with van der Waals surface area (Å²) >= 11 is 0. The van der Waals surface area contributed by atoms with Gasteiger partial charge in [-0.15, -0.1) is 0 Å². The van der Waals surface area contributed by atoms with Gasteiger partial charge in [0.25, 0.3) is 0 Å². The molecule has 326 valence electrons. The second kappa shape index (κ2) is 41.1. The summed E-state index contributed by atoms with van der Waals surface area (Å²) in [6.45, 7) is 3.75. The van der Waals surface area contributed by atoms with E-state index >= 15 is 0 Å². The van der Waals surface area contributed by atoms with Crippen LogP contribution in [0.3, 0.4) is 0 Å². The fourth-order valence-corrected chi connectivity index (χ4v) is 6.68. The highest BCUT2D eigenvalue weighted by atomic mass is 31.2. The molecule has 3 unspecified atom stereocenters. The second-order valence-corrected chi connectivity index (χ2v) is 16.2. The van der Waals surface area contributed by atoms with Gasteiger partial charge in [0, 0.05) is 13.0 Å². The number of carboxylic acid groups (broad SMARTS) is 1. The zero-order valence-electron chi connectivity index (χ0n) is 35.5. The number of nitrogens with two attached hydrogens (primary N) is 1. The molecule has 10 nitrogen and oxygen atoms in total. The van der Waals surface area contributed by atoms with Gasteiger partial charge in [-0.05, 0) is 70.6 Å². The summed E-state index contributed by atoms with van der Waals surface area (Å²) in [5, 5.41) is 8.90. The zero-order valence-corrected chi connectivity index (χ0v) is 36.4. The van der Waals surface area contributed by atoms with Crippen molar-refractivity contribution in [1.82, 2.24) is 0 Å². The van der Waals surface area contributed by atoms with Crippen LogP contribution < -0.4 is 5.73 Å². The predicted molar refractivity (Wildman–Crippen MR) is 231 cm³/mol. The van der Waals surface area contributed by atoms with E-state index in [2.05, 4.69) is 62.5 Å². The minimum Gasteiger partial charge on any atom is -0.480 e. The predicted octanol–water partition coefficient (Wildman–Crippen LogP) is 12.3. The third-order valence-corrected chi connectivity index (χ3v) is 10.3. The molecule has 0 aromatic rings. The zero-order chi connectivity index (χ0) is 41.2. The first-order valence-electron chi connectivity index (χ1n) is 22.2. The van der Waals surface area contributed by atoms with Crippen LogP contribution in [-0.4, -0.2) is 60.5 Å². The summed E-state index contributed by atoms with van der Waals surface area (Å²) in [5.74, 6) is -1.79. The van der Waals surface area contributed by atoms with E-state index in [0.29, 0.717) is 13.0 Å². The molecule has 0 amide bonds. The van der Waals surface area contributed by atoms with E-state index in [-0.39, 0.29) is 13.0 Å². The molecule has 0 aromatic carbocycles. The van der Waals surface area contributed by atoms with Gasteiger partial charge in [0.15, 0.2) is 0 Å². The molecule has 11 heteroatoms. The van der Waals surface area contributed by atoms with Crippen LogP contribution >= 0.6 is 7.82 Å². The number of unbranched alkanes of at least 4 members (excludes halogenated alkanes) is 20. The molecule has 0 radical (unpaired) electrons. The van der Waals surface area contributed by atoms with Gasteiger partial charge in [0.2, 0.25) is 0 Å². The van der Waals surface area contributed by atoms with E-state index in [0.717, 1.165) is 70.6 Å². The molecule has 0 aliphatic carbocycles. The molecule has 0 rings (SSSR count). The van der Waals surface area contributed by atoms with Crippen LogP contribution in [0.5, 0.6) is 0 Å². The molecule has 3 atom stereocenters. The lowest BCUT2D eigenvalue weighted by Gasteiger charge is -2.20. The number of carbonyl (C=O) groups is 2. The van der Waals surface area contributed by atoms with Crippen LogP contribution in [0.2, 0.25) is 0 Å². The number of rotatable bonds is 42. The van der Waals surface area contributed by atoms with Gasteiger partial charge in [0.05, 0.1) is 19.8 Å². The molecule has 0 fully saturated rings. The Bertz CT molecular complexity index is 1080. The summed E-state index contributed by atoms with van der Waals surface area (Å²) in [6.07, 6.45) is 47.3. The highest BCUT2D eigenvalue weighted by Crippen LogP contribution is 2.43. The average Bonchev–Trinajstić information content (AvgIpc) is 3.18. The highest BCUT2D eigenvalue weighted by molar-refractivity contribution is 7.47. The van der Waals surface area contributed by atoms with Crippen molar-refractivity contribution in [3.8, 4) is 0 Å². The number of carboxylic acids is 1. The number of esters is 1. The van der Waals surface area contributed by atoms with Crippen LogP contribution in [0.15, 0.2) is 48.6 Å². The van der Waals surface area contributed by atoms with Crippen molar-refractivity contribution < 1.29 is 42.7 Å². The minimum atomic E-state index is -4.62. The van der Waals surface area contributed by atoms with Crippen molar-refractivity contribution in [2.24, 2.45) is 5.73 Å². The quantitative estimate of drug-likeness (QED) is 0.0235. The normalized spacial score (nSPS) is 14.4. The summed E-state index contributed by atoms with van der Waals surface area (Å²) in [5.41, 5.74) is 5.36. The second-order valence-electron chi connectivity index (χ2n) is 14.8. The number of allylic oxidation sites excluding steroid dienone is 8. The fourth-order valence-electron chi connectivity index (χ4n) is 5.91. The molecule has 0 heterocycles. The summed E-state index contributed by atoms with van der Waals surface area (Å²) in [4.78, 5) is 33.5. The van der Waals surface area contributed by atoms with E-state index in [4.69, 9.17) is 29.4 Å². The van der Waals surface area contributed by atoms with Gasteiger partial charge >= 0.3 is 19.8 Å². The average molecular weight is 812 g/mol. The van der Waals surface area contributed by atoms with Gasteiger partial charge < -0.3 is 25.2 Å². The number of ether oxygens (including phenoxy) is 2. The van der Waals surface area contributed by atoms with Crippen LogP contribution in [0.1, 0.15) is 187 Å². The van der Waals surface area contributed by atoms with Crippen molar-refractivity contribution >= 4 is 19.8 Å². The van der Waals surface area contributed by atoms with Gasteiger partial charge in [-0.1, -0.05) is 159 Å². The molecule has 0 saturated carbocycles. The lowest BCUT2D eigenvalue weighted by molar-refractivity contribution is -0.154. The van der Waals surface area contributed by atoms with E-state index < -0.39 is 45.1 Å². The first kappa shape index (κ1) is 53.9. The monoisotopic (exact) mass is 812 g/mol. The van der Waals surface area contributed by atoms with Crippen LogP contribution in [-0.2, 0) is 32.7 Å². The van der Waals surface area contributed by atoms with E-state index in [1.807, 2.05) is 0 Å². The summed E-state index contributed by atoms with van der Waals surface area (Å²) < 4.78 is 33.4. The number of phosphoric acid groups is 1. The molecule has 0 saturated heterocycles. The Morgan fingerprint density at radius 1 is 0.589 bits per heavy atom. The fraction of sp³-hybridized carbons (Fsp3) is 0.778. The number of phosphoric ester groups is 1. The number of hydrogen-bond acceptors (Lipinski definition) is 8. The standard InChI is InChI=1S/C45H82NO9P/c1-3-5-7-9-11-13-15-17-19-21-23-25-27-29-31-33-35-37-44(47)55-42(40-53-56(50,51)54-41-43(46)45(48)49)39-52-38-36-34-32-30-28-26-24-22-20-18-16-14-12-10-8-6-4-2/h5,7,11,13,17,19-20,22,42-43H,3-4,6,8-10,12,14-16,18,21,23-41,46H2,1-2H3,(H,48,49)(H,50,51)/b7-5-,13-11-,19-17-,22-20-. The Morgan fingerprint density at radius 2 is 1.04 bits per heavy atom. The molecule has 0 bridgehead atoms. The summed E-state index contributed by atoms with van der Waals surface area (Å²) in [6, 6.07) is -1.48. The lowest BCUT2D eigenvalue weighted by atomic mass is 10.1. The van der Waals surface area contributed by atoms with Crippen molar-refractivity contribution in [2.45, 2.75) is 199 Å². The molecule has 0 aliphatic heterocycles. The Hall–Kier alpha value is -2.07. The number of aliphatic carboxylic acids is 1. The van der Waals surface area contributed by atoms with E-state index in [9.17, 15) is 19.0 Å². The minimum absolute atomic E-state index is 0.00804. The Kier molecular flexibility index (Phi) is 39.6. The Morgan fingerprint density at radius 3 is 1.57 bits per heavy atom. The van der Waals surface area contributed by atoms with Crippen molar-refractivity contribution in [1.29, 1.82) is 0 Å². The molecule has 4 N–H and O–H groups in total. The topological polar surface area (TPSA) is 155 Å². The largest absolute Gasteiger partial charge is 0.480 e. The third kappa shape index (κ3) is 40.1. The highest BCUT2D eigenvalue weighted by Gasteiger charge is 2.27. The first-order valence-corrected chi connectivity index (χ1v) is 23.7. The van der Waals surface area contributed by atoms with Crippen molar-refractivity contribution in [3.05, 3.63) is 48.6 Å². The van der Waals surface area contributed by atoms with Gasteiger partial charge in [0.1, 0.15) is 12.1 Å². The lowest BCUT2D eigenvalue weighted by Crippen LogP contribution is -2.34. The van der Waals surface area contributed by atoms with Crippen molar-refractivity contribution in [3.63, 3.8) is 0 Å². The Balaban J connectivity index is 4.25. The number of carbonyl (C=O) groups excluding carboxylic acids is 1. The maximum absolute atomic E-state index is 12.6. The molecule has 0 aromatic heterocycles. The maximum atomic E-state index is 12.6. The molecule has 56 heavy (non-hydrogen) atoms. The van der Waals surface area contributed by atoms with Crippen LogP contribution in [0.25, 0.3) is 0 Å². The van der Waals surface area contributed by atoms with Gasteiger partial charge in [-0.2, -0.15) is 0 Å². The smallest absolute Gasteiger partial charge is 0.472 e. The maximum Gasteiger partial charge on any atom is 0.472 e. The van der Waals surface area contributed by atoms with Crippen LogP contribution in [0.4, 0.5) is 0 Å². The third-order valence-electron chi connectivity index (χ3n) is 9.34. The first-order chi connectivity index (χ1) is 27.2. The molecule has 0 aliphatic rings. The molecular weight excluding hydrogens is 729 g/mol. The van der Waals surface area contributed by atoms with E-state index in [1.54, 1.807) is 0 Å². The van der Waals surface area contributed by atoms with E-state index in [1.165, 1.54) is 89.9 Å². The van der Waals surface area contributed by atoms with Crippen molar-refractivity contribution in [2.75, 3.05) is 26.4 Å². The Labute approximate surface area is 341 Å². The van der Waals surface area contributed by atoms with Gasteiger partial charge in [-0.25, -0.2) is 4.57 Å².